The Labute approximate surface area is 77.8 Å². The number of Topliss-reactive ketones (excluding diaryl/α,β-unsaturated/α-hetero) is 1. The summed E-state index contributed by atoms with van der Waals surface area (Å²) in [6.45, 7) is 0. The first-order valence-corrected chi connectivity index (χ1v) is 5.10. The van der Waals surface area contributed by atoms with Crippen molar-refractivity contribution in [2.24, 2.45) is 0 Å². The van der Waals surface area contributed by atoms with Crippen molar-refractivity contribution >= 4 is 17.4 Å². The molecule has 0 amide bonds. The highest BCUT2D eigenvalue weighted by molar-refractivity contribution is 6.33. The molecule has 0 saturated carbocycles. The van der Waals surface area contributed by atoms with E-state index in [0.29, 0.717) is 6.42 Å². The summed E-state index contributed by atoms with van der Waals surface area (Å²) >= 11 is 6.03. The predicted octanol–water partition coefficient (Wildman–Crippen LogP) is 2.83. The van der Waals surface area contributed by atoms with Crippen molar-refractivity contribution in [3.8, 4) is 0 Å². The Morgan fingerprint density at radius 2 is 1.83 bits per heavy atom. The van der Waals surface area contributed by atoms with E-state index in [1.165, 1.54) is 30.4 Å². The fourth-order valence-corrected chi connectivity index (χ4v) is 2.55. The Hall–Kier alpha value is -0.300. The van der Waals surface area contributed by atoms with E-state index in [1.807, 2.05) is 0 Å². The Morgan fingerprint density at radius 3 is 2.67 bits per heavy atom. The van der Waals surface area contributed by atoms with Gasteiger partial charge >= 0.3 is 0 Å². The number of rotatable bonds is 0. The molecule has 1 atom stereocenters. The van der Waals surface area contributed by atoms with E-state index >= 15 is 0 Å². The second-order valence-electron chi connectivity index (χ2n) is 3.66. The molecule has 0 spiro atoms. The van der Waals surface area contributed by atoms with Crippen molar-refractivity contribution in [1.82, 2.24) is 0 Å². The molecule has 0 aromatic rings. The second kappa shape index (κ2) is 3.21. The van der Waals surface area contributed by atoms with E-state index in [1.54, 1.807) is 0 Å². The molecular formula is C10H13ClO. The van der Waals surface area contributed by atoms with Crippen molar-refractivity contribution in [3.05, 3.63) is 11.1 Å². The minimum atomic E-state index is -0.269. The van der Waals surface area contributed by atoms with Crippen LogP contribution in [0.1, 0.15) is 38.5 Å². The average Bonchev–Trinajstić information content (AvgIpc) is 2.12. The summed E-state index contributed by atoms with van der Waals surface area (Å²) in [5.41, 5.74) is 2.75. The molecule has 2 aliphatic carbocycles. The molecule has 2 heteroatoms. The minimum Gasteiger partial charge on any atom is -0.298 e. The molecule has 1 nitrogen and oxygen atoms in total. The summed E-state index contributed by atoms with van der Waals surface area (Å²) in [5.74, 6) is 0.234. The van der Waals surface area contributed by atoms with Crippen molar-refractivity contribution in [1.29, 1.82) is 0 Å². The fourth-order valence-electron chi connectivity index (χ4n) is 2.18. The van der Waals surface area contributed by atoms with Crippen LogP contribution in [-0.4, -0.2) is 11.2 Å². The molecule has 0 aliphatic heterocycles. The van der Waals surface area contributed by atoms with Gasteiger partial charge in [0.2, 0.25) is 0 Å². The highest BCUT2D eigenvalue weighted by atomic mass is 35.5. The molecule has 0 saturated heterocycles. The van der Waals surface area contributed by atoms with Gasteiger partial charge in [0.1, 0.15) is 5.38 Å². The Balaban J connectivity index is 2.27. The maximum atomic E-state index is 11.3. The van der Waals surface area contributed by atoms with Gasteiger partial charge in [-0.2, -0.15) is 0 Å². The van der Waals surface area contributed by atoms with Gasteiger partial charge in [-0.1, -0.05) is 5.57 Å². The lowest BCUT2D eigenvalue weighted by molar-refractivity contribution is -0.118. The molecule has 0 aromatic heterocycles. The van der Waals surface area contributed by atoms with Gasteiger partial charge < -0.3 is 0 Å². The van der Waals surface area contributed by atoms with E-state index in [2.05, 4.69) is 0 Å². The SMILES string of the molecule is O=C1CCC2=C(CCCC2)C1Cl. The van der Waals surface area contributed by atoms with Gasteiger partial charge in [0, 0.05) is 6.42 Å². The fraction of sp³-hybridized carbons (Fsp3) is 0.700. The average molecular weight is 185 g/mol. The van der Waals surface area contributed by atoms with E-state index in [-0.39, 0.29) is 11.2 Å². The molecule has 1 unspecified atom stereocenters. The molecule has 0 fully saturated rings. The molecule has 2 aliphatic rings. The van der Waals surface area contributed by atoms with Crippen LogP contribution in [0.25, 0.3) is 0 Å². The van der Waals surface area contributed by atoms with Crippen molar-refractivity contribution in [2.75, 3.05) is 0 Å². The van der Waals surface area contributed by atoms with Gasteiger partial charge in [-0.05, 0) is 37.7 Å². The summed E-state index contributed by atoms with van der Waals surface area (Å²) in [5, 5.41) is -0.269. The quantitative estimate of drug-likeness (QED) is 0.418. The zero-order valence-electron chi connectivity index (χ0n) is 7.11. The normalized spacial score (nSPS) is 30.4. The van der Waals surface area contributed by atoms with Crippen molar-refractivity contribution < 1.29 is 4.79 Å². The summed E-state index contributed by atoms with van der Waals surface area (Å²) < 4.78 is 0. The molecule has 12 heavy (non-hydrogen) atoms. The predicted molar refractivity (Wildman–Crippen MR) is 49.4 cm³/mol. The lowest BCUT2D eigenvalue weighted by Crippen LogP contribution is -2.24. The smallest absolute Gasteiger partial charge is 0.155 e. The van der Waals surface area contributed by atoms with Gasteiger partial charge in [-0.25, -0.2) is 0 Å². The maximum absolute atomic E-state index is 11.3. The van der Waals surface area contributed by atoms with Crippen LogP contribution in [0, 0.1) is 0 Å². The zero-order valence-corrected chi connectivity index (χ0v) is 7.86. The first kappa shape index (κ1) is 8.31. The van der Waals surface area contributed by atoms with E-state index in [0.717, 1.165) is 12.8 Å². The Morgan fingerprint density at radius 1 is 1.08 bits per heavy atom. The molecule has 0 radical (unpaired) electrons. The largest absolute Gasteiger partial charge is 0.298 e. The standard InChI is InChI=1S/C10H13ClO/c11-10-8-4-2-1-3-7(8)5-6-9(10)12/h10H,1-6H2. The maximum Gasteiger partial charge on any atom is 0.155 e. The molecule has 0 bridgehead atoms. The summed E-state index contributed by atoms with van der Waals surface area (Å²) in [4.78, 5) is 11.3. The zero-order chi connectivity index (χ0) is 8.55. The molecule has 0 heterocycles. The van der Waals surface area contributed by atoms with Gasteiger partial charge in [0.25, 0.3) is 0 Å². The van der Waals surface area contributed by atoms with Gasteiger partial charge in [0.15, 0.2) is 5.78 Å². The number of ketones is 1. The molecule has 0 N–H and O–H groups in total. The van der Waals surface area contributed by atoms with Crippen LogP contribution < -0.4 is 0 Å². The van der Waals surface area contributed by atoms with Crippen LogP contribution in [0.5, 0.6) is 0 Å². The van der Waals surface area contributed by atoms with Crippen molar-refractivity contribution in [2.45, 2.75) is 43.9 Å². The minimum absolute atomic E-state index is 0.234. The third-order valence-electron chi connectivity index (χ3n) is 2.89. The molecule has 2 rings (SSSR count). The van der Waals surface area contributed by atoms with Crippen LogP contribution in [0.4, 0.5) is 0 Å². The third kappa shape index (κ3) is 1.31. The van der Waals surface area contributed by atoms with E-state index < -0.39 is 0 Å². The number of halogens is 1. The van der Waals surface area contributed by atoms with Crippen LogP contribution in [0.15, 0.2) is 11.1 Å². The lowest BCUT2D eigenvalue weighted by atomic mass is 9.81. The number of alkyl halides is 1. The van der Waals surface area contributed by atoms with E-state index in [9.17, 15) is 4.79 Å². The summed E-state index contributed by atoms with van der Waals surface area (Å²) in [6, 6.07) is 0. The lowest BCUT2D eigenvalue weighted by Gasteiger charge is -2.27. The Kier molecular flexibility index (Phi) is 2.22. The van der Waals surface area contributed by atoms with Crippen molar-refractivity contribution in [3.63, 3.8) is 0 Å². The number of allylic oxidation sites excluding steroid dienone is 2. The Bertz CT molecular complexity index is 242. The highest BCUT2D eigenvalue weighted by Crippen LogP contribution is 2.36. The monoisotopic (exact) mass is 184 g/mol. The number of carbonyl (C=O) groups excluding carboxylic acids is 1. The van der Waals surface area contributed by atoms with Gasteiger partial charge in [-0.15, -0.1) is 11.6 Å². The molecule has 0 aromatic carbocycles. The molecule has 66 valence electrons. The number of hydrogen-bond donors (Lipinski definition) is 0. The first-order chi connectivity index (χ1) is 5.79. The number of carbonyl (C=O) groups is 1. The highest BCUT2D eigenvalue weighted by Gasteiger charge is 2.28. The number of hydrogen-bond acceptors (Lipinski definition) is 1. The topological polar surface area (TPSA) is 17.1 Å². The molecular weight excluding hydrogens is 172 g/mol. The summed E-state index contributed by atoms with van der Waals surface area (Å²) in [6.07, 6.45) is 6.41. The first-order valence-electron chi connectivity index (χ1n) is 4.66. The van der Waals surface area contributed by atoms with Crippen LogP contribution in [-0.2, 0) is 4.79 Å². The second-order valence-corrected chi connectivity index (χ2v) is 4.10. The van der Waals surface area contributed by atoms with Crippen LogP contribution >= 0.6 is 11.6 Å². The van der Waals surface area contributed by atoms with Crippen LogP contribution in [0.2, 0.25) is 0 Å². The van der Waals surface area contributed by atoms with Crippen LogP contribution in [0.3, 0.4) is 0 Å². The van der Waals surface area contributed by atoms with Gasteiger partial charge in [0.05, 0.1) is 0 Å². The summed E-state index contributed by atoms with van der Waals surface area (Å²) in [7, 11) is 0. The van der Waals surface area contributed by atoms with E-state index in [4.69, 9.17) is 11.6 Å². The third-order valence-corrected chi connectivity index (χ3v) is 3.40. The van der Waals surface area contributed by atoms with Gasteiger partial charge in [-0.3, -0.25) is 4.79 Å².